The Kier molecular flexibility index (Phi) is 15.2. The Balaban J connectivity index is 0. The maximum absolute atomic E-state index is 6.69. The van der Waals surface area contributed by atoms with Gasteiger partial charge in [0.05, 0.1) is 24.2 Å². The summed E-state index contributed by atoms with van der Waals surface area (Å²) in [6.07, 6.45) is 5.27. The van der Waals surface area contributed by atoms with E-state index in [1.807, 2.05) is 4.68 Å². The second kappa shape index (κ2) is 14.4. The van der Waals surface area contributed by atoms with E-state index in [4.69, 9.17) is 9.29 Å². The molecule has 0 spiro atoms. The van der Waals surface area contributed by atoms with Crippen LogP contribution in [0.5, 0.6) is 0 Å². The molecule has 1 aromatic heterocycles. The minimum absolute atomic E-state index is 0.0293. The second-order valence-corrected chi connectivity index (χ2v) is 8.44. The summed E-state index contributed by atoms with van der Waals surface area (Å²) in [4.78, 5) is 2.23. The van der Waals surface area contributed by atoms with Crippen molar-refractivity contribution in [2.75, 3.05) is 13.7 Å². The van der Waals surface area contributed by atoms with Crippen molar-refractivity contribution in [3.63, 3.8) is 0 Å². The Morgan fingerprint density at radius 3 is 2.15 bits per heavy atom. The average Bonchev–Trinajstić information content (AvgIpc) is 3.06. The molecule has 1 heterocycles. The van der Waals surface area contributed by atoms with Gasteiger partial charge in [0.15, 0.2) is 0 Å². The van der Waals surface area contributed by atoms with Crippen LogP contribution in [0.3, 0.4) is 0 Å². The van der Waals surface area contributed by atoms with Crippen molar-refractivity contribution in [2.45, 2.75) is 105 Å². The number of thiol groups is 1. The van der Waals surface area contributed by atoms with Gasteiger partial charge in [-0.1, -0.05) is 46.3 Å². The minimum atomic E-state index is -0.0479. The lowest BCUT2D eigenvalue weighted by atomic mass is 9.86. The van der Waals surface area contributed by atoms with Gasteiger partial charge in [0.25, 0.3) is 0 Å². The molecule has 1 N–H and O–H groups in total. The molecule has 0 saturated carbocycles. The van der Waals surface area contributed by atoms with Crippen molar-refractivity contribution in [1.29, 1.82) is 0 Å². The highest BCUT2D eigenvalue weighted by atomic mass is 32.1. The van der Waals surface area contributed by atoms with Crippen molar-refractivity contribution < 1.29 is 9.29 Å². The van der Waals surface area contributed by atoms with Crippen LogP contribution in [-0.2, 0) is 16.8 Å². The fourth-order valence-electron chi connectivity index (χ4n) is 1.88. The van der Waals surface area contributed by atoms with E-state index in [9.17, 15) is 0 Å². The van der Waals surface area contributed by atoms with Gasteiger partial charge in [0, 0.05) is 18.1 Å². The van der Waals surface area contributed by atoms with Crippen LogP contribution in [0, 0.1) is 0 Å². The van der Waals surface area contributed by atoms with Gasteiger partial charge in [-0.2, -0.15) is 0 Å². The van der Waals surface area contributed by atoms with Gasteiger partial charge in [0.2, 0.25) is 0 Å². The highest BCUT2D eigenvalue weighted by Crippen LogP contribution is 2.26. The largest absolute Gasteiger partial charge is 0.376 e. The fraction of sp³-hybridized carbons (Fsp3) is 0.900. The molecule has 0 aliphatic rings. The Morgan fingerprint density at radius 2 is 1.70 bits per heavy atom. The molecule has 0 amide bonds. The zero-order valence-corrected chi connectivity index (χ0v) is 20.2. The summed E-state index contributed by atoms with van der Waals surface area (Å²) < 4.78 is 14.6. The standard InChI is InChI=1S/C17H34N4O.C3H8.H2OS/c1-9-17(6,7)22-11-10-16(4,5)15-12-21(19-18-15)13-20(8)14(2)3;1-3-2;1-2/h12,14H,9-11,13H2,1-8H3;3H2,1-2H3;1-2H. The van der Waals surface area contributed by atoms with E-state index >= 15 is 0 Å². The van der Waals surface area contributed by atoms with Crippen molar-refractivity contribution in [1.82, 2.24) is 19.9 Å². The quantitative estimate of drug-likeness (QED) is 0.434. The summed E-state index contributed by atoms with van der Waals surface area (Å²) in [5.74, 6) is 0. The van der Waals surface area contributed by atoms with Crippen LogP contribution in [-0.4, -0.2) is 49.7 Å². The molecule has 0 aliphatic carbocycles. The fourth-order valence-corrected chi connectivity index (χ4v) is 1.88. The molecular weight excluding hydrogens is 360 g/mol. The third kappa shape index (κ3) is 12.4. The smallest absolute Gasteiger partial charge is 0.0946 e. The molecule has 1 rings (SSSR count). The maximum atomic E-state index is 6.69. The number of aromatic nitrogens is 3. The topological polar surface area (TPSA) is 63.4 Å². The SMILES string of the molecule is CCC.CCC(C)(C)OCCC(C)(C)c1cn(CN(C)C(C)C)nn1.OS. The summed E-state index contributed by atoms with van der Waals surface area (Å²) in [7, 11) is 2.10. The summed E-state index contributed by atoms with van der Waals surface area (Å²) in [6, 6.07) is 0.491. The van der Waals surface area contributed by atoms with Gasteiger partial charge < -0.3 is 9.29 Å². The van der Waals surface area contributed by atoms with E-state index in [0.29, 0.717) is 6.04 Å². The molecule has 6 nitrogen and oxygen atoms in total. The van der Waals surface area contributed by atoms with Gasteiger partial charge in [-0.15, -0.1) is 5.10 Å². The molecule has 0 radical (unpaired) electrons. The van der Waals surface area contributed by atoms with Crippen LogP contribution in [0.2, 0.25) is 0 Å². The molecule has 0 aliphatic heterocycles. The Labute approximate surface area is 173 Å². The van der Waals surface area contributed by atoms with E-state index in [0.717, 1.165) is 31.8 Å². The predicted octanol–water partition coefficient (Wildman–Crippen LogP) is 5.25. The third-order valence-electron chi connectivity index (χ3n) is 4.55. The van der Waals surface area contributed by atoms with Crippen molar-refractivity contribution >= 4 is 12.9 Å². The van der Waals surface area contributed by atoms with E-state index in [-0.39, 0.29) is 11.0 Å². The van der Waals surface area contributed by atoms with Gasteiger partial charge in [0.1, 0.15) is 0 Å². The van der Waals surface area contributed by atoms with Crippen LogP contribution in [0.4, 0.5) is 0 Å². The number of hydrogen-bond acceptors (Lipinski definition) is 6. The molecule has 162 valence electrons. The van der Waals surface area contributed by atoms with Gasteiger partial charge in [-0.3, -0.25) is 4.90 Å². The lowest BCUT2D eigenvalue weighted by molar-refractivity contribution is -0.0265. The van der Waals surface area contributed by atoms with Crippen molar-refractivity contribution in [2.24, 2.45) is 0 Å². The summed E-state index contributed by atoms with van der Waals surface area (Å²) in [5.41, 5.74) is 0.953. The minimum Gasteiger partial charge on any atom is -0.376 e. The molecule has 0 fully saturated rings. The van der Waals surface area contributed by atoms with E-state index in [2.05, 4.69) is 104 Å². The summed E-state index contributed by atoms with van der Waals surface area (Å²) >= 11 is 2.53. The Bertz CT molecular complexity index is 476. The first kappa shape index (κ1) is 28.6. The molecule has 0 aromatic carbocycles. The van der Waals surface area contributed by atoms with Crippen LogP contribution < -0.4 is 0 Å². The zero-order chi connectivity index (χ0) is 21.7. The monoisotopic (exact) mass is 404 g/mol. The lowest BCUT2D eigenvalue weighted by Gasteiger charge is -2.27. The molecule has 7 heteroatoms. The molecule has 0 atom stereocenters. The predicted molar refractivity (Wildman–Crippen MR) is 118 cm³/mol. The number of rotatable bonds is 9. The van der Waals surface area contributed by atoms with E-state index in [1.165, 1.54) is 6.42 Å². The highest BCUT2D eigenvalue weighted by molar-refractivity contribution is 7.74. The highest BCUT2D eigenvalue weighted by Gasteiger charge is 2.26. The van der Waals surface area contributed by atoms with E-state index < -0.39 is 0 Å². The molecule has 0 saturated heterocycles. The zero-order valence-electron chi connectivity index (χ0n) is 19.3. The average molecular weight is 405 g/mol. The second-order valence-electron chi connectivity index (χ2n) is 8.44. The maximum Gasteiger partial charge on any atom is 0.0946 e. The Morgan fingerprint density at radius 1 is 1.19 bits per heavy atom. The van der Waals surface area contributed by atoms with Gasteiger partial charge in [-0.05, 0) is 60.5 Å². The van der Waals surface area contributed by atoms with Gasteiger partial charge >= 0.3 is 0 Å². The summed E-state index contributed by atoms with van der Waals surface area (Å²) in [6.45, 7) is 20.9. The number of ether oxygens (including phenoxy) is 1. The van der Waals surface area contributed by atoms with Crippen LogP contribution in [0.15, 0.2) is 6.20 Å². The van der Waals surface area contributed by atoms with Crippen molar-refractivity contribution in [3.8, 4) is 0 Å². The number of nitrogens with zero attached hydrogens (tertiary/aromatic N) is 4. The first-order valence-corrected chi connectivity index (χ1v) is 10.3. The summed E-state index contributed by atoms with van der Waals surface area (Å²) in [5, 5.41) is 8.63. The van der Waals surface area contributed by atoms with E-state index in [1.54, 1.807) is 0 Å². The first-order chi connectivity index (χ1) is 12.5. The first-order valence-electron chi connectivity index (χ1n) is 9.93. The van der Waals surface area contributed by atoms with Crippen LogP contribution in [0.25, 0.3) is 0 Å². The Hall–Kier alpha value is -0.630. The van der Waals surface area contributed by atoms with Gasteiger partial charge in [-0.25, -0.2) is 4.68 Å². The molecule has 1 aromatic rings. The van der Waals surface area contributed by atoms with Crippen molar-refractivity contribution in [3.05, 3.63) is 11.9 Å². The number of hydrogen-bond donors (Lipinski definition) is 2. The molecule has 27 heavy (non-hydrogen) atoms. The lowest BCUT2D eigenvalue weighted by Crippen LogP contribution is -2.29. The normalized spacial score (nSPS) is 11.8. The van der Waals surface area contributed by atoms with Crippen LogP contribution in [0.1, 0.15) is 87.3 Å². The van der Waals surface area contributed by atoms with Crippen LogP contribution >= 0.6 is 12.9 Å². The third-order valence-corrected chi connectivity index (χ3v) is 4.55. The molecular formula is C20H44N4O2S. The molecule has 0 unspecified atom stereocenters. The molecule has 0 bridgehead atoms.